The molecule has 3 unspecified atom stereocenters. The third-order valence-corrected chi connectivity index (χ3v) is 18.8. The number of carbonyl (C=O) groups excluding carboxylic acids is 4. The zero-order valence-electron chi connectivity index (χ0n) is 55.0. The number of ether oxygens (including phenoxy) is 7. The Morgan fingerprint density at radius 1 is 0.875 bits per heavy atom. The van der Waals surface area contributed by atoms with Gasteiger partial charge in [0.2, 0.25) is 11.8 Å². The minimum absolute atomic E-state index is 0.0622. The molecule has 3 fully saturated rings. The van der Waals surface area contributed by atoms with Crippen molar-refractivity contribution in [2.24, 2.45) is 23.7 Å². The lowest BCUT2D eigenvalue weighted by atomic mass is 9.77. The normalized spacial score (nSPS) is 37.1. The van der Waals surface area contributed by atoms with E-state index < -0.39 is 156 Å². The second kappa shape index (κ2) is 30.8. The number of likely N-dealkylation sites (N-methyl/N-ethyl adjacent to an activating group) is 2. The summed E-state index contributed by atoms with van der Waals surface area (Å²) in [7, 11) is 5.18. The molecule has 22 heteroatoms. The van der Waals surface area contributed by atoms with Crippen molar-refractivity contribution in [3.8, 4) is 0 Å². The number of alkyl carbamates (subject to hydrolysis) is 1. The van der Waals surface area contributed by atoms with Gasteiger partial charge in [0.05, 0.1) is 59.6 Å². The van der Waals surface area contributed by atoms with Crippen LogP contribution in [-0.2, 0) is 60.4 Å². The second-order valence-electron chi connectivity index (χ2n) is 27.6. The Labute approximate surface area is 522 Å². The predicted molar refractivity (Wildman–Crippen MR) is 329 cm³/mol. The van der Waals surface area contributed by atoms with Crippen LogP contribution in [0, 0.1) is 23.7 Å². The number of methoxy groups -OCH3 is 1. The summed E-state index contributed by atoms with van der Waals surface area (Å²) in [5, 5.41) is 80.0. The number of carbonyl (C=O) groups is 4. The van der Waals surface area contributed by atoms with Crippen LogP contribution in [0.4, 0.5) is 4.79 Å². The first-order chi connectivity index (χ1) is 41.1. The van der Waals surface area contributed by atoms with Gasteiger partial charge in [-0.25, -0.2) is 4.79 Å². The number of unbranched alkanes of at least 4 members (excludes halogenated alkanes) is 1. The van der Waals surface area contributed by atoms with Crippen molar-refractivity contribution in [2.45, 2.75) is 255 Å². The minimum Gasteiger partial charge on any atom is -0.459 e. The molecule has 3 heterocycles. The van der Waals surface area contributed by atoms with E-state index in [0.29, 0.717) is 38.8 Å². The molecule has 4 aliphatic rings. The van der Waals surface area contributed by atoms with Crippen LogP contribution in [0.15, 0.2) is 54.6 Å². The Hall–Kier alpha value is -4.40. The number of cyclic esters (lactones) is 1. The largest absolute Gasteiger partial charge is 0.459 e. The number of rotatable bonds is 19. The van der Waals surface area contributed by atoms with Crippen molar-refractivity contribution in [3.05, 3.63) is 71.3 Å². The molecule has 1 aliphatic carbocycles. The molecule has 0 aromatic heterocycles. The van der Waals surface area contributed by atoms with Crippen LogP contribution in [0.2, 0.25) is 0 Å². The maximum atomic E-state index is 14.6. The molecule has 0 bridgehead atoms. The van der Waals surface area contributed by atoms with E-state index in [2.05, 4.69) is 16.0 Å². The molecular weight excluding hydrogens is 1130 g/mol. The summed E-state index contributed by atoms with van der Waals surface area (Å²) in [5.41, 5.74) is -3.16. The number of benzene rings is 2. The highest BCUT2D eigenvalue weighted by Gasteiger charge is 2.53. The Balaban J connectivity index is 1.22. The van der Waals surface area contributed by atoms with E-state index in [9.17, 15) is 49.8 Å². The lowest BCUT2D eigenvalue weighted by Crippen LogP contribution is -2.61. The van der Waals surface area contributed by atoms with E-state index in [1.807, 2.05) is 92.3 Å². The number of aliphatic hydroxyl groups excluding tert-OH is 4. The van der Waals surface area contributed by atoms with Crippen molar-refractivity contribution in [1.82, 2.24) is 25.8 Å². The summed E-state index contributed by atoms with van der Waals surface area (Å²) >= 11 is 0. The summed E-state index contributed by atoms with van der Waals surface area (Å²) in [6.07, 6.45) is -10.2. The smallest absolute Gasteiger partial charge is 0.408 e. The number of amides is 3. The molecule has 3 saturated heterocycles. The number of fused-ring (bicyclic) bond motifs is 1. The molecule has 2 aromatic carbocycles. The van der Waals surface area contributed by atoms with E-state index >= 15 is 0 Å². The van der Waals surface area contributed by atoms with Crippen LogP contribution >= 0.6 is 0 Å². The lowest BCUT2D eigenvalue weighted by Gasteiger charge is -2.49. The Morgan fingerprint density at radius 3 is 2.18 bits per heavy atom. The Morgan fingerprint density at radius 2 is 1.53 bits per heavy atom. The van der Waals surface area contributed by atoms with Gasteiger partial charge in [-0.1, -0.05) is 75.4 Å². The van der Waals surface area contributed by atoms with E-state index in [-0.39, 0.29) is 38.1 Å². The molecule has 6 rings (SSSR count). The van der Waals surface area contributed by atoms with Gasteiger partial charge in [-0.15, -0.1) is 0 Å². The molecule has 0 spiro atoms. The monoisotopic (exact) mass is 1240 g/mol. The molecule has 9 N–H and O–H groups in total. The first kappa shape index (κ1) is 72.7. The topological polar surface area (TPSA) is 297 Å². The van der Waals surface area contributed by atoms with Crippen LogP contribution < -0.4 is 16.0 Å². The molecule has 0 saturated carbocycles. The highest BCUT2D eigenvalue weighted by atomic mass is 16.7. The zero-order valence-corrected chi connectivity index (χ0v) is 55.0. The first-order valence-electron chi connectivity index (χ1n) is 31.8. The van der Waals surface area contributed by atoms with Gasteiger partial charge in [-0.3, -0.25) is 14.4 Å². The van der Waals surface area contributed by atoms with Gasteiger partial charge in [0.25, 0.3) is 0 Å². The van der Waals surface area contributed by atoms with Crippen LogP contribution in [0.1, 0.15) is 151 Å². The number of esters is 1. The molecule has 22 atom stereocenters. The van der Waals surface area contributed by atoms with E-state index in [4.69, 9.17) is 33.2 Å². The Bertz CT molecular complexity index is 2570. The fourth-order valence-corrected chi connectivity index (χ4v) is 13.7. The maximum Gasteiger partial charge on any atom is 0.408 e. The summed E-state index contributed by atoms with van der Waals surface area (Å²) in [6, 6.07) is 13.4. The quantitative estimate of drug-likeness (QED) is 0.0681. The third-order valence-electron chi connectivity index (χ3n) is 18.8. The van der Waals surface area contributed by atoms with Crippen LogP contribution in [0.25, 0.3) is 0 Å². The standard InChI is InChI=1S/C66H107N5O17/c1-17-49-66(13,81)55(74)41(6)71(15)36-37(2)34-64(11,80)57(39(4)54(40(5)60(78)85-49)86-50-35-65(12,82-16)56(75)42(7)84-50)87-61-53(73)47(31-38(3)83-61)70(14)30-24-23-29-67-59(77)52(69-62(79)88-63(8,9)10)46(32-43-25-19-18-20-26-43)58(76)68-51-45-28-22-21-27-44(45)33-48(51)72/h18-22,25-28,37-42,46-57,61,72-75,80-81H,17,23-24,29-36H2,1-16H3,(H,67,77)(H,68,76)(H,69,79)/t37-,38-,39+,40-,41-,42+,46?,47?,48-,49-,50+,51+,52?,53-,54+,55-,56+,57-,61+,64-,65-,66-/m1/s1. The van der Waals surface area contributed by atoms with Crippen molar-refractivity contribution >= 4 is 23.9 Å². The predicted octanol–water partition coefficient (Wildman–Crippen LogP) is 4.69. The number of nitrogens with one attached hydrogen (secondary N) is 3. The third kappa shape index (κ3) is 18.2. The minimum atomic E-state index is -1.88. The molecule has 3 aliphatic heterocycles. The van der Waals surface area contributed by atoms with E-state index in [0.717, 1.165) is 16.7 Å². The highest BCUT2D eigenvalue weighted by Crippen LogP contribution is 2.41. The van der Waals surface area contributed by atoms with E-state index in [1.165, 1.54) is 14.0 Å². The number of nitrogens with zero attached hydrogens (tertiary/aromatic N) is 2. The van der Waals surface area contributed by atoms with Gasteiger partial charge in [0.1, 0.15) is 41.7 Å². The number of hydrogen-bond donors (Lipinski definition) is 9. The van der Waals surface area contributed by atoms with E-state index in [1.54, 1.807) is 69.2 Å². The van der Waals surface area contributed by atoms with Gasteiger partial charge in [0, 0.05) is 51.0 Å². The van der Waals surface area contributed by atoms with Gasteiger partial charge in [0.15, 0.2) is 12.6 Å². The van der Waals surface area contributed by atoms with Gasteiger partial charge < -0.3 is 89.5 Å². The zero-order chi connectivity index (χ0) is 65.4. The fraction of sp³-hybridized carbons (Fsp3) is 0.758. The van der Waals surface area contributed by atoms with Crippen molar-refractivity contribution in [3.63, 3.8) is 0 Å². The Kier molecular flexibility index (Phi) is 25.4. The molecular formula is C66H107N5O17. The summed E-state index contributed by atoms with van der Waals surface area (Å²) in [5.74, 6) is -5.25. The molecule has 2 aromatic rings. The van der Waals surface area contributed by atoms with Gasteiger partial charge in [-0.05, 0) is 151 Å². The molecule has 0 radical (unpaired) electrons. The van der Waals surface area contributed by atoms with Crippen molar-refractivity contribution < 1.29 is 83.0 Å². The number of hydrogen-bond acceptors (Lipinski definition) is 19. The molecule has 22 nitrogen and oxygen atoms in total. The van der Waals surface area contributed by atoms with Crippen LogP contribution in [-0.4, -0.2) is 213 Å². The van der Waals surface area contributed by atoms with Crippen molar-refractivity contribution in [1.29, 1.82) is 0 Å². The molecule has 498 valence electrons. The maximum absolute atomic E-state index is 14.6. The van der Waals surface area contributed by atoms with Crippen molar-refractivity contribution in [2.75, 3.05) is 40.8 Å². The fourth-order valence-electron chi connectivity index (χ4n) is 13.7. The first-order valence-corrected chi connectivity index (χ1v) is 31.8. The average molecular weight is 1240 g/mol. The van der Waals surface area contributed by atoms with Crippen LogP contribution in [0.5, 0.6) is 0 Å². The average Bonchev–Trinajstić information content (AvgIpc) is 3.86. The summed E-state index contributed by atoms with van der Waals surface area (Å²) in [4.78, 5) is 61.0. The molecule has 3 amide bonds. The van der Waals surface area contributed by atoms with Gasteiger partial charge >= 0.3 is 12.1 Å². The lowest BCUT2D eigenvalue weighted by molar-refractivity contribution is -0.318. The highest BCUT2D eigenvalue weighted by molar-refractivity contribution is 5.93. The summed E-state index contributed by atoms with van der Waals surface area (Å²) < 4.78 is 44.1. The van der Waals surface area contributed by atoms with Crippen LogP contribution in [0.3, 0.4) is 0 Å². The molecule has 88 heavy (non-hydrogen) atoms. The number of aliphatic hydroxyl groups is 6. The SMILES string of the molecule is CC[C@H]1OC(=O)[C@H](C)[C@@H](O[C@H]2C[C@@](C)(OC)[C@@H](O)[C@H](C)O2)[C@H](C)[C@@H](O[C@@H]2O[C@H](C)CC(N(C)CCCCNC(=O)C(NC(=O)OC(C)(C)C)C(Cc3ccccc3)C(=O)N[C@H]3c4ccccc4C[C@H]3O)[C@H]2O)[C@](C)(O)C[C@@H](C)CN(C)[C@H](C)[C@@H](O)[C@]1(C)O. The summed E-state index contributed by atoms with van der Waals surface area (Å²) in [6.45, 7) is 23.4. The second-order valence-corrected chi connectivity index (χ2v) is 27.6. The van der Waals surface area contributed by atoms with Gasteiger partial charge in [-0.2, -0.15) is 0 Å².